The van der Waals surface area contributed by atoms with Gasteiger partial charge in [-0.05, 0) is 19.8 Å². The lowest BCUT2D eigenvalue weighted by Gasteiger charge is -2.35. The summed E-state index contributed by atoms with van der Waals surface area (Å²) in [4.78, 5) is 37.1. The molecule has 1 aromatic rings. The van der Waals surface area contributed by atoms with Crippen LogP contribution in [0.3, 0.4) is 0 Å². The molecule has 1 saturated carbocycles. The first-order valence-corrected chi connectivity index (χ1v) is 9.34. The van der Waals surface area contributed by atoms with Gasteiger partial charge in [0.25, 0.3) is 0 Å². The van der Waals surface area contributed by atoms with Gasteiger partial charge in [0.05, 0.1) is 6.54 Å². The molecule has 0 aromatic carbocycles. The van der Waals surface area contributed by atoms with Crippen molar-refractivity contribution >= 4 is 17.8 Å². The molecule has 2 fully saturated rings. The van der Waals surface area contributed by atoms with Gasteiger partial charge in [0.2, 0.25) is 5.91 Å². The first-order valence-electron chi connectivity index (χ1n) is 9.34. The minimum Gasteiger partial charge on any atom is -0.354 e. The summed E-state index contributed by atoms with van der Waals surface area (Å²) in [6.07, 6.45) is 2.01. The largest absolute Gasteiger partial charge is 0.354 e. The number of hydrogen-bond donors (Lipinski definition) is 2. The lowest BCUT2D eigenvalue weighted by molar-refractivity contribution is -0.121. The maximum absolute atomic E-state index is 12.0. The molecule has 2 aliphatic rings. The maximum Gasteiger partial charge on any atom is 0.321 e. The molecule has 8 heteroatoms. The molecule has 1 aromatic heterocycles. The molecule has 8 nitrogen and oxygen atoms in total. The second-order valence-corrected chi connectivity index (χ2v) is 7.44. The molecule has 1 aliphatic heterocycles. The van der Waals surface area contributed by atoms with Crippen molar-refractivity contribution in [1.82, 2.24) is 25.5 Å². The molecule has 2 heterocycles. The van der Waals surface area contributed by atoms with Crippen LogP contribution in [0.15, 0.2) is 6.07 Å². The highest BCUT2D eigenvalue weighted by molar-refractivity contribution is 5.95. The molecule has 3 rings (SSSR count). The monoisotopic (exact) mass is 360 g/mol. The van der Waals surface area contributed by atoms with Crippen molar-refractivity contribution in [2.24, 2.45) is 0 Å². The van der Waals surface area contributed by atoms with E-state index in [9.17, 15) is 9.59 Å². The summed E-state index contributed by atoms with van der Waals surface area (Å²) in [5.41, 5.74) is 0.974. The number of anilines is 1. The Bertz CT molecular complexity index is 666. The van der Waals surface area contributed by atoms with E-state index in [1.165, 1.54) is 0 Å². The van der Waals surface area contributed by atoms with Gasteiger partial charge in [-0.15, -0.1) is 0 Å². The molecule has 1 aliphatic carbocycles. The fraction of sp³-hybridized carbons (Fsp3) is 0.667. The van der Waals surface area contributed by atoms with Crippen LogP contribution in [0.5, 0.6) is 0 Å². The summed E-state index contributed by atoms with van der Waals surface area (Å²) in [5.74, 6) is 1.86. The first-order chi connectivity index (χ1) is 12.4. The molecule has 2 N–H and O–H groups in total. The van der Waals surface area contributed by atoms with Gasteiger partial charge in [0, 0.05) is 49.9 Å². The number of aromatic nitrogens is 2. The van der Waals surface area contributed by atoms with Crippen LogP contribution in [-0.4, -0.2) is 65.6 Å². The quantitative estimate of drug-likeness (QED) is 0.815. The summed E-state index contributed by atoms with van der Waals surface area (Å²) in [6.45, 7) is 9.54. The fourth-order valence-corrected chi connectivity index (χ4v) is 2.95. The SMILES string of the molecule is Cc1cc(N2CCN(CC(=O)NC(=O)NC3CC3)CC2)nc(C(C)C)n1. The van der Waals surface area contributed by atoms with Crippen molar-refractivity contribution in [3.05, 3.63) is 17.6 Å². The number of carbonyl (C=O) groups excluding carboxylic acids is 2. The third-order valence-electron chi connectivity index (χ3n) is 4.60. The van der Waals surface area contributed by atoms with E-state index in [0.29, 0.717) is 5.92 Å². The average molecular weight is 360 g/mol. The second-order valence-electron chi connectivity index (χ2n) is 7.44. The van der Waals surface area contributed by atoms with Crippen LogP contribution in [-0.2, 0) is 4.79 Å². The highest BCUT2D eigenvalue weighted by atomic mass is 16.2. The highest BCUT2D eigenvalue weighted by Crippen LogP contribution is 2.19. The lowest BCUT2D eigenvalue weighted by Crippen LogP contribution is -2.51. The van der Waals surface area contributed by atoms with Crippen LogP contribution in [0.4, 0.5) is 10.6 Å². The Kier molecular flexibility index (Phi) is 5.70. The Hall–Kier alpha value is -2.22. The number of hydrogen-bond acceptors (Lipinski definition) is 6. The molecule has 0 spiro atoms. The summed E-state index contributed by atoms with van der Waals surface area (Å²) in [6, 6.07) is 1.88. The van der Waals surface area contributed by atoms with Crippen molar-refractivity contribution in [2.75, 3.05) is 37.6 Å². The number of urea groups is 1. The van der Waals surface area contributed by atoms with E-state index in [-0.39, 0.29) is 24.5 Å². The van der Waals surface area contributed by atoms with Gasteiger partial charge >= 0.3 is 6.03 Å². The van der Waals surface area contributed by atoms with Crippen molar-refractivity contribution < 1.29 is 9.59 Å². The van der Waals surface area contributed by atoms with Crippen molar-refractivity contribution in [3.8, 4) is 0 Å². The number of aryl methyl sites for hydroxylation is 1. The molecule has 142 valence electrons. The van der Waals surface area contributed by atoms with Gasteiger partial charge in [-0.25, -0.2) is 14.8 Å². The predicted molar refractivity (Wildman–Crippen MR) is 99.2 cm³/mol. The van der Waals surface area contributed by atoms with Crippen molar-refractivity contribution in [3.63, 3.8) is 0 Å². The Labute approximate surface area is 154 Å². The molecule has 0 unspecified atom stereocenters. The van der Waals surface area contributed by atoms with Crippen molar-refractivity contribution in [1.29, 1.82) is 0 Å². The van der Waals surface area contributed by atoms with E-state index >= 15 is 0 Å². The molecular formula is C18H28N6O2. The van der Waals surface area contributed by atoms with Gasteiger partial charge in [0.1, 0.15) is 11.6 Å². The van der Waals surface area contributed by atoms with Crippen LogP contribution in [0.2, 0.25) is 0 Å². The van der Waals surface area contributed by atoms with Gasteiger partial charge < -0.3 is 10.2 Å². The normalized spacial score (nSPS) is 18.1. The minimum absolute atomic E-state index is 0.242. The third-order valence-corrected chi connectivity index (χ3v) is 4.60. The van der Waals surface area contributed by atoms with E-state index in [4.69, 9.17) is 0 Å². The van der Waals surface area contributed by atoms with Crippen LogP contribution in [0.1, 0.15) is 44.1 Å². The number of nitrogens with one attached hydrogen (secondary N) is 2. The van der Waals surface area contributed by atoms with E-state index in [2.05, 4.69) is 44.2 Å². The zero-order valence-corrected chi connectivity index (χ0v) is 15.8. The zero-order chi connectivity index (χ0) is 18.7. The molecular weight excluding hydrogens is 332 g/mol. The number of amides is 3. The Balaban J connectivity index is 1.48. The van der Waals surface area contributed by atoms with E-state index in [1.54, 1.807) is 0 Å². The molecule has 26 heavy (non-hydrogen) atoms. The second kappa shape index (κ2) is 7.99. The smallest absolute Gasteiger partial charge is 0.321 e. The summed E-state index contributed by atoms with van der Waals surface area (Å²) in [7, 11) is 0. The van der Waals surface area contributed by atoms with E-state index in [1.807, 2.05) is 13.0 Å². The zero-order valence-electron chi connectivity index (χ0n) is 15.8. The van der Waals surface area contributed by atoms with Crippen LogP contribution in [0.25, 0.3) is 0 Å². The summed E-state index contributed by atoms with van der Waals surface area (Å²) in [5, 5.41) is 5.16. The summed E-state index contributed by atoms with van der Waals surface area (Å²) < 4.78 is 0. The van der Waals surface area contributed by atoms with Crippen LogP contribution >= 0.6 is 0 Å². The van der Waals surface area contributed by atoms with E-state index in [0.717, 1.165) is 56.4 Å². The number of nitrogens with zero attached hydrogens (tertiary/aromatic N) is 4. The Morgan fingerprint density at radius 1 is 1.19 bits per heavy atom. The first kappa shape index (κ1) is 18.6. The number of piperazine rings is 1. The van der Waals surface area contributed by atoms with Gasteiger partial charge in [-0.1, -0.05) is 13.8 Å². The van der Waals surface area contributed by atoms with Crippen LogP contribution < -0.4 is 15.5 Å². The van der Waals surface area contributed by atoms with Crippen LogP contribution in [0, 0.1) is 6.92 Å². The topological polar surface area (TPSA) is 90.5 Å². The Morgan fingerprint density at radius 3 is 2.50 bits per heavy atom. The molecule has 0 bridgehead atoms. The highest BCUT2D eigenvalue weighted by Gasteiger charge is 2.25. The lowest BCUT2D eigenvalue weighted by atomic mass is 10.2. The standard InChI is InChI=1S/C18H28N6O2/c1-12(2)17-19-13(3)10-15(21-17)24-8-6-23(7-9-24)11-16(25)22-18(26)20-14-4-5-14/h10,12,14H,4-9,11H2,1-3H3,(H2,20,22,25,26). The molecule has 1 saturated heterocycles. The molecule has 0 atom stereocenters. The van der Waals surface area contributed by atoms with E-state index < -0.39 is 0 Å². The minimum atomic E-state index is -0.381. The number of carbonyl (C=O) groups is 2. The fourth-order valence-electron chi connectivity index (χ4n) is 2.95. The maximum atomic E-state index is 12.0. The average Bonchev–Trinajstić information content (AvgIpc) is 3.38. The van der Waals surface area contributed by atoms with Gasteiger partial charge in [0.15, 0.2) is 0 Å². The Morgan fingerprint density at radius 2 is 1.88 bits per heavy atom. The number of rotatable bonds is 5. The molecule has 0 radical (unpaired) electrons. The predicted octanol–water partition coefficient (Wildman–Crippen LogP) is 1.02. The number of imide groups is 1. The van der Waals surface area contributed by atoms with Gasteiger partial charge in [-0.2, -0.15) is 0 Å². The summed E-state index contributed by atoms with van der Waals surface area (Å²) >= 11 is 0. The molecule has 3 amide bonds. The van der Waals surface area contributed by atoms with Gasteiger partial charge in [-0.3, -0.25) is 15.0 Å². The van der Waals surface area contributed by atoms with Crippen molar-refractivity contribution in [2.45, 2.75) is 45.6 Å². The third kappa shape index (κ3) is 5.14.